The van der Waals surface area contributed by atoms with Crippen molar-refractivity contribution in [2.75, 3.05) is 45.3 Å². The Balaban J connectivity index is 1.67. The van der Waals surface area contributed by atoms with E-state index in [0.29, 0.717) is 26.3 Å². The van der Waals surface area contributed by atoms with Crippen LogP contribution in [0.4, 0.5) is 11.4 Å². The average molecular weight is 428 g/mol. The van der Waals surface area contributed by atoms with Crippen molar-refractivity contribution in [2.24, 2.45) is 0 Å². The van der Waals surface area contributed by atoms with Gasteiger partial charge >= 0.3 is 11.8 Å². The molecule has 1 aliphatic heterocycles. The van der Waals surface area contributed by atoms with Gasteiger partial charge in [0.05, 0.1) is 31.3 Å². The first-order valence-corrected chi connectivity index (χ1v) is 9.78. The molecule has 0 saturated carbocycles. The van der Waals surface area contributed by atoms with Crippen LogP contribution in [0.2, 0.25) is 0 Å². The van der Waals surface area contributed by atoms with E-state index >= 15 is 0 Å². The zero-order chi connectivity index (χ0) is 22.2. The van der Waals surface area contributed by atoms with Crippen LogP contribution < -0.4 is 15.4 Å². The first kappa shape index (κ1) is 22.2. The molecular weight excluding hydrogens is 404 g/mol. The lowest BCUT2D eigenvalue weighted by Crippen LogP contribution is -2.45. The maximum atomic E-state index is 12.4. The number of nitro benzene ring substituents is 1. The van der Waals surface area contributed by atoms with Gasteiger partial charge in [-0.15, -0.1) is 0 Å². The van der Waals surface area contributed by atoms with Crippen LogP contribution in [0.15, 0.2) is 48.5 Å². The summed E-state index contributed by atoms with van der Waals surface area (Å²) in [6, 6.07) is 13.0. The highest BCUT2D eigenvalue weighted by Crippen LogP contribution is 2.24. The van der Waals surface area contributed by atoms with Crippen LogP contribution >= 0.6 is 0 Å². The monoisotopic (exact) mass is 428 g/mol. The Morgan fingerprint density at radius 3 is 2.45 bits per heavy atom. The molecule has 2 amide bonds. The molecule has 2 aromatic carbocycles. The molecule has 31 heavy (non-hydrogen) atoms. The van der Waals surface area contributed by atoms with Crippen LogP contribution in [0.1, 0.15) is 11.6 Å². The second-order valence-electron chi connectivity index (χ2n) is 6.88. The van der Waals surface area contributed by atoms with E-state index in [1.807, 2.05) is 24.3 Å². The fourth-order valence-corrected chi connectivity index (χ4v) is 3.36. The van der Waals surface area contributed by atoms with Crippen molar-refractivity contribution < 1.29 is 24.0 Å². The van der Waals surface area contributed by atoms with Crippen LogP contribution in [0, 0.1) is 10.1 Å². The van der Waals surface area contributed by atoms with E-state index < -0.39 is 16.7 Å². The van der Waals surface area contributed by atoms with Crippen LogP contribution in [0.5, 0.6) is 5.75 Å². The van der Waals surface area contributed by atoms with E-state index in [0.717, 1.165) is 11.3 Å². The molecule has 2 N–H and O–H groups in total. The van der Waals surface area contributed by atoms with Gasteiger partial charge in [-0.1, -0.05) is 24.3 Å². The second kappa shape index (κ2) is 10.5. The summed E-state index contributed by atoms with van der Waals surface area (Å²) < 4.78 is 10.6. The third-order valence-corrected chi connectivity index (χ3v) is 5.00. The van der Waals surface area contributed by atoms with Gasteiger partial charge in [0.15, 0.2) is 0 Å². The number of nitro groups is 1. The minimum Gasteiger partial charge on any atom is -0.497 e. The van der Waals surface area contributed by atoms with Gasteiger partial charge in [0.25, 0.3) is 5.69 Å². The highest BCUT2D eigenvalue weighted by atomic mass is 16.6. The molecule has 0 radical (unpaired) electrons. The minimum atomic E-state index is -0.968. The fourth-order valence-electron chi connectivity index (χ4n) is 3.36. The SMILES string of the molecule is COc1ccc(C(CNC(=O)C(=O)Nc2ccccc2[N+](=O)[O-])N2CCOCC2)cc1. The third-order valence-electron chi connectivity index (χ3n) is 5.00. The largest absolute Gasteiger partial charge is 0.497 e. The quantitative estimate of drug-likeness (QED) is 0.391. The summed E-state index contributed by atoms with van der Waals surface area (Å²) in [4.78, 5) is 37.3. The van der Waals surface area contributed by atoms with Crippen molar-refractivity contribution in [1.29, 1.82) is 0 Å². The van der Waals surface area contributed by atoms with Crippen molar-refractivity contribution in [3.63, 3.8) is 0 Å². The lowest BCUT2D eigenvalue weighted by atomic mass is 10.0. The molecule has 0 bridgehead atoms. The van der Waals surface area contributed by atoms with Crippen molar-refractivity contribution in [3.05, 3.63) is 64.2 Å². The molecule has 1 fully saturated rings. The van der Waals surface area contributed by atoms with Crippen molar-refractivity contribution in [2.45, 2.75) is 6.04 Å². The molecule has 1 atom stereocenters. The lowest BCUT2D eigenvalue weighted by molar-refractivity contribution is -0.383. The predicted octanol–water partition coefficient (Wildman–Crippen LogP) is 1.73. The zero-order valence-corrected chi connectivity index (χ0v) is 17.1. The number of anilines is 1. The number of hydrogen-bond donors (Lipinski definition) is 2. The average Bonchev–Trinajstić information content (AvgIpc) is 2.80. The number of amides is 2. The molecular formula is C21H24N4O6. The Labute approximate surface area is 179 Å². The van der Waals surface area contributed by atoms with E-state index in [2.05, 4.69) is 15.5 Å². The summed E-state index contributed by atoms with van der Waals surface area (Å²) in [6.45, 7) is 2.73. The fraction of sp³-hybridized carbons (Fsp3) is 0.333. The number of carbonyl (C=O) groups is 2. The maximum Gasteiger partial charge on any atom is 0.313 e. The molecule has 10 heteroatoms. The van der Waals surface area contributed by atoms with Crippen LogP contribution in [0.25, 0.3) is 0 Å². The molecule has 1 unspecified atom stereocenters. The molecule has 1 aliphatic rings. The molecule has 0 spiro atoms. The van der Waals surface area contributed by atoms with Gasteiger partial charge in [0.1, 0.15) is 11.4 Å². The number of methoxy groups -OCH3 is 1. The molecule has 0 aliphatic carbocycles. The zero-order valence-electron chi connectivity index (χ0n) is 17.1. The number of benzene rings is 2. The normalized spacial score (nSPS) is 15.0. The topological polar surface area (TPSA) is 123 Å². The minimum absolute atomic E-state index is 0.0347. The highest BCUT2D eigenvalue weighted by Gasteiger charge is 2.25. The Morgan fingerprint density at radius 1 is 1.13 bits per heavy atom. The Kier molecular flexibility index (Phi) is 7.52. The van der Waals surface area contributed by atoms with E-state index in [1.165, 1.54) is 18.2 Å². The van der Waals surface area contributed by atoms with Gasteiger partial charge in [0, 0.05) is 25.7 Å². The van der Waals surface area contributed by atoms with Gasteiger partial charge in [-0.2, -0.15) is 0 Å². The molecule has 1 saturated heterocycles. The van der Waals surface area contributed by atoms with Gasteiger partial charge in [-0.25, -0.2) is 0 Å². The third kappa shape index (κ3) is 5.77. The Hall–Kier alpha value is -3.50. The smallest absolute Gasteiger partial charge is 0.313 e. The van der Waals surface area contributed by atoms with E-state index in [9.17, 15) is 19.7 Å². The lowest BCUT2D eigenvalue weighted by Gasteiger charge is -2.34. The first-order valence-electron chi connectivity index (χ1n) is 9.78. The van der Waals surface area contributed by atoms with Crippen LogP contribution in [-0.2, 0) is 14.3 Å². The van der Waals surface area contributed by atoms with Gasteiger partial charge < -0.3 is 20.1 Å². The number of para-hydroxylation sites is 2. The molecule has 164 valence electrons. The molecule has 10 nitrogen and oxygen atoms in total. The van der Waals surface area contributed by atoms with Crippen molar-refractivity contribution in [3.8, 4) is 5.75 Å². The number of ether oxygens (including phenoxy) is 2. The predicted molar refractivity (Wildman–Crippen MR) is 113 cm³/mol. The summed E-state index contributed by atoms with van der Waals surface area (Å²) in [7, 11) is 1.59. The number of nitrogens with one attached hydrogen (secondary N) is 2. The second-order valence-corrected chi connectivity index (χ2v) is 6.88. The van der Waals surface area contributed by atoms with E-state index in [1.54, 1.807) is 13.2 Å². The van der Waals surface area contributed by atoms with Gasteiger partial charge in [0.2, 0.25) is 0 Å². The highest BCUT2D eigenvalue weighted by molar-refractivity contribution is 6.39. The summed E-state index contributed by atoms with van der Waals surface area (Å²) >= 11 is 0. The summed E-state index contributed by atoms with van der Waals surface area (Å²) in [5.41, 5.74) is 0.641. The number of morpholine rings is 1. The number of rotatable bonds is 7. The Morgan fingerprint density at radius 2 is 1.81 bits per heavy atom. The summed E-state index contributed by atoms with van der Waals surface area (Å²) in [6.07, 6.45) is 0. The van der Waals surface area contributed by atoms with Crippen molar-refractivity contribution >= 4 is 23.2 Å². The molecule has 2 aromatic rings. The Bertz CT molecular complexity index is 928. The van der Waals surface area contributed by atoms with Gasteiger partial charge in [-0.05, 0) is 23.8 Å². The molecule has 0 aromatic heterocycles. The summed E-state index contributed by atoms with van der Waals surface area (Å²) in [5, 5.41) is 16.0. The number of hydrogen-bond acceptors (Lipinski definition) is 7. The maximum absolute atomic E-state index is 12.4. The number of nitrogens with zero attached hydrogens (tertiary/aromatic N) is 2. The number of carbonyl (C=O) groups excluding carboxylic acids is 2. The standard InChI is InChI=1S/C21H24N4O6/c1-30-16-8-6-15(7-9-16)19(24-10-12-31-13-11-24)14-22-20(26)21(27)23-17-4-2-3-5-18(17)25(28)29/h2-9,19H,10-14H2,1H3,(H,22,26)(H,23,27). The molecule has 3 rings (SSSR count). The van der Waals surface area contributed by atoms with Crippen LogP contribution in [-0.4, -0.2) is 61.6 Å². The molecule has 1 heterocycles. The summed E-state index contributed by atoms with van der Waals surface area (Å²) in [5.74, 6) is -1.12. The first-order chi connectivity index (χ1) is 15.0. The van der Waals surface area contributed by atoms with Crippen molar-refractivity contribution in [1.82, 2.24) is 10.2 Å². The van der Waals surface area contributed by atoms with E-state index in [-0.39, 0.29) is 24.0 Å². The van der Waals surface area contributed by atoms with Gasteiger partial charge in [-0.3, -0.25) is 24.6 Å². The van der Waals surface area contributed by atoms with Crippen LogP contribution in [0.3, 0.4) is 0 Å². The van der Waals surface area contributed by atoms with E-state index in [4.69, 9.17) is 9.47 Å².